The molecule has 8 nitrogen and oxygen atoms in total. The molecule has 0 aromatic carbocycles. The number of rotatable bonds is 7. The van der Waals surface area contributed by atoms with Crippen LogP contribution in [0, 0.1) is 0 Å². The standard InChI is InChI=1S/C18H20N4O4S2/c1-20(7-9-23)15-12(16(24)21-6-4-3-5-14(21)19-15)11-13-17(25)22(8-10-26-2)18(27)28-13/h3-6,11,23H,7-10H2,1-2H3. The van der Waals surface area contributed by atoms with Gasteiger partial charge >= 0.3 is 0 Å². The molecule has 1 saturated heterocycles. The van der Waals surface area contributed by atoms with Crippen LogP contribution in [0.5, 0.6) is 0 Å². The van der Waals surface area contributed by atoms with Crippen LogP contribution in [0.4, 0.5) is 5.82 Å². The van der Waals surface area contributed by atoms with Crippen molar-refractivity contribution in [3.8, 4) is 0 Å². The molecule has 1 amide bonds. The third-order valence-corrected chi connectivity index (χ3v) is 5.59. The summed E-state index contributed by atoms with van der Waals surface area (Å²) in [6.07, 6.45) is 3.16. The number of likely N-dealkylation sites (N-methyl/N-ethyl adjacent to an activating group) is 1. The van der Waals surface area contributed by atoms with E-state index in [1.807, 2.05) is 0 Å². The summed E-state index contributed by atoms with van der Waals surface area (Å²) in [6.45, 7) is 0.922. The lowest BCUT2D eigenvalue weighted by Crippen LogP contribution is -2.31. The van der Waals surface area contributed by atoms with Gasteiger partial charge in [0.25, 0.3) is 11.5 Å². The van der Waals surface area contributed by atoms with E-state index in [1.54, 1.807) is 43.5 Å². The van der Waals surface area contributed by atoms with Gasteiger partial charge in [0.05, 0.1) is 30.2 Å². The van der Waals surface area contributed by atoms with E-state index in [1.165, 1.54) is 15.4 Å². The molecular weight excluding hydrogens is 400 g/mol. The fraction of sp³-hybridized carbons (Fsp3) is 0.333. The average molecular weight is 421 g/mol. The second-order valence-corrected chi connectivity index (χ2v) is 7.73. The number of thiocarbonyl (C=S) groups is 1. The molecule has 0 saturated carbocycles. The Morgan fingerprint density at radius 3 is 2.89 bits per heavy atom. The van der Waals surface area contributed by atoms with E-state index >= 15 is 0 Å². The lowest BCUT2D eigenvalue weighted by Gasteiger charge is -2.19. The second-order valence-electron chi connectivity index (χ2n) is 6.05. The van der Waals surface area contributed by atoms with Crippen molar-refractivity contribution < 1.29 is 14.6 Å². The van der Waals surface area contributed by atoms with Gasteiger partial charge in [0.1, 0.15) is 15.8 Å². The third kappa shape index (κ3) is 3.95. The Morgan fingerprint density at radius 2 is 2.18 bits per heavy atom. The minimum atomic E-state index is -0.299. The Hall–Kier alpha value is -2.27. The Labute approximate surface area is 171 Å². The van der Waals surface area contributed by atoms with E-state index in [0.29, 0.717) is 40.4 Å². The highest BCUT2D eigenvalue weighted by molar-refractivity contribution is 8.26. The number of ether oxygens (including phenoxy) is 1. The molecule has 3 rings (SSSR count). The topological polar surface area (TPSA) is 87.4 Å². The van der Waals surface area contributed by atoms with Crippen LogP contribution in [0.3, 0.4) is 0 Å². The molecule has 2 aromatic heterocycles. The number of hydrogen-bond acceptors (Lipinski definition) is 8. The van der Waals surface area contributed by atoms with Crippen molar-refractivity contribution in [3.05, 3.63) is 45.2 Å². The van der Waals surface area contributed by atoms with Gasteiger partial charge in [-0.3, -0.25) is 18.9 Å². The van der Waals surface area contributed by atoms with Gasteiger partial charge in [-0.1, -0.05) is 30.0 Å². The number of aliphatic hydroxyl groups excluding tert-OH is 1. The maximum Gasteiger partial charge on any atom is 0.267 e. The molecule has 0 radical (unpaired) electrons. The Balaban J connectivity index is 2.11. The fourth-order valence-corrected chi connectivity index (χ4v) is 4.06. The van der Waals surface area contributed by atoms with Crippen molar-refractivity contribution in [1.82, 2.24) is 14.3 Å². The predicted molar refractivity (Wildman–Crippen MR) is 114 cm³/mol. The second kappa shape index (κ2) is 8.82. The zero-order valence-corrected chi connectivity index (χ0v) is 17.1. The number of carbonyl (C=O) groups is 1. The number of anilines is 1. The molecule has 148 valence electrons. The minimum Gasteiger partial charge on any atom is -0.395 e. The minimum absolute atomic E-state index is 0.0923. The van der Waals surface area contributed by atoms with Crippen LogP contribution in [-0.4, -0.2) is 70.1 Å². The molecule has 1 N–H and O–H groups in total. The SMILES string of the molecule is COCCN1C(=O)C(=Cc2c(N(C)CCO)nc3ccccn3c2=O)SC1=S. The molecule has 0 spiro atoms. The highest BCUT2D eigenvalue weighted by Crippen LogP contribution is 2.33. The van der Waals surface area contributed by atoms with Gasteiger partial charge in [0.2, 0.25) is 0 Å². The number of nitrogens with zero attached hydrogens (tertiary/aromatic N) is 4. The van der Waals surface area contributed by atoms with Crippen LogP contribution in [-0.2, 0) is 9.53 Å². The van der Waals surface area contributed by atoms with Crippen LogP contribution >= 0.6 is 24.0 Å². The lowest BCUT2D eigenvalue weighted by molar-refractivity contribution is -0.122. The summed E-state index contributed by atoms with van der Waals surface area (Å²) in [4.78, 5) is 33.9. The first kappa shape index (κ1) is 20.5. The van der Waals surface area contributed by atoms with Crippen LogP contribution in [0.2, 0.25) is 0 Å². The molecule has 0 bridgehead atoms. The van der Waals surface area contributed by atoms with Crippen molar-refractivity contribution in [2.24, 2.45) is 0 Å². The lowest BCUT2D eigenvalue weighted by atomic mass is 10.2. The van der Waals surface area contributed by atoms with Crippen molar-refractivity contribution in [3.63, 3.8) is 0 Å². The summed E-state index contributed by atoms with van der Waals surface area (Å²) in [5, 5.41) is 9.29. The largest absolute Gasteiger partial charge is 0.395 e. The zero-order valence-electron chi connectivity index (χ0n) is 15.5. The van der Waals surface area contributed by atoms with Crippen molar-refractivity contribution in [1.29, 1.82) is 0 Å². The number of hydrogen-bond donors (Lipinski definition) is 1. The van der Waals surface area contributed by atoms with Gasteiger partial charge in [-0.15, -0.1) is 0 Å². The van der Waals surface area contributed by atoms with E-state index in [9.17, 15) is 14.7 Å². The Bertz CT molecular complexity index is 1000. The first-order chi connectivity index (χ1) is 13.5. The molecule has 1 aliphatic rings. The number of amides is 1. The smallest absolute Gasteiger partial charge is 0.267 e. The van der Waals surface area contributed by atoms with Crippen molar-refractivity contribution >= 4 is 51.7 Å². The summed E-state index contributed by atoms with van der Waals surface area (Å²) in [6, 6.07) is 5.26. The van der Waals surface area contributed by atoms with Gasteiger partial charge in [-0.05, 0) is 18.2 Å². The summed E-state index contributed by atoms with van der Waals surface area (Å²) in [5.74, 6) is 0.132. The number of methoxy groups -OCH3 is 1. The maximum absolute atomic E-state index is 13.1. The van der Waals surface area contributed by atoms with Gasteiger partial charge in [0.15, 0.2) is 0 Å². The van der Waals surface area contributed by atoms with E-state index in [2.05, 4.69) is 4.98 Å². The predicted octanol–water partition coefficient (Wildman–Crippen LogP) is 0.971. The molecule has 0 aliphatic carbocycles. The van der Waals surface area contributed by atoms with Crippen molar-refractivity contribution in [2.45, 2.75) is 0 Å². The van der Waals surface area contributed by atoms with Crippen molar-refractivity contribution in [2.75, 3.05) is 45.4 Å². The van der Waals surface area contributed by atoms with E-state index in [0.717, 1.165) is 11.8 Å². The molecular formula is C18H20N4O4S2. The van der Waals surface area contributed by atoms with Gasteiger partial charge in [0, 0.05) is 26.9 Å². The molecule has 0 atom stereocenters. The van der Waals surface area contributed by atoms with E-state index < -0.39 is 0 Å². The Kier molecular flexibility index (Phi) is 6.45. The Morgan fingerprint density at radius 1 is 1.39 bits per heavy atom. The zero-order chi connectivity index (χ0) is 20.3. The number of carbonyl (C=O) groups excluding carboxylic acids is 1. The quantitative estimate of drug-likeness (QED) is 0.524. The monoisotopic (exact) mass is 420 g/mol. The average Bonchev–Trinajstić information content (AvgIpc) is 2.95. The highest BCUT2D eigenvalue weighted by atomic mass is 32.2. The number of aromatic nitrogens is 2. The molecule has 0 unspecified atom stereocenters. The van der Waals surface area contributed by atoms with Gasteiger partial charge < -0.3 is 14.7 Å². The molecule has 1 aliphatic heterocycles. The van der Waals surface area contributed by atoms with Crippen LogP contribution in [0.15, 0.2) is 34.1 Å². The molecule has 2 aromatic rings. The van der Waals surface area contributed by atoms with Gasteiger partial charge in [-0.2, -0.15) is 0 Å². The van der Waals surface area contributed by atoms with Crippen LogP contribution in [0.25, 0.3) is 11.7 Å². The first-order valence-electron chi connectivity index (χ1n) is 8.55. The summed E-state index contributed by atoms with van der Waals surface area (Å²) in [7, 11) is 3.29. The van der Waals surface area contributed by atoms with Crippen LogP contribution < -0.4 is 10.5 Å². The fourth-order valence-electron chi connectivity index (χ4n) is 2.77. The highest BCUT2D eigenvalue weighted by Gasteiger charge is 2.32. The molecule has 3 heterocycles. The van der Waals surface area contributed by atoms with Crippen LogP contribution in [0.1, 0.15) is 5.56 Å². The summed E-state index contributed by atoms with van der Waals surface area (Å²) in [5.41, 5.74) is 0.455. The van der Waals surface area contributed by atoms with E-state index in [4.69, 9.17) is 17.0 Å². The molecule has 10 heteroatoms. The molecule has 1 fully saturated rings. The number of pyridine rings is 1. The summed E-state index contributed by atoms with van der Waals surface area (Å²) < 4.78 is 6.87. The first-order valence-corrected chi connectivity index (χ1v) is 9.78. The van der Waals surface area contributed by atoms with Gasteiger partial charge in [-0.25, -0.2) is 4.98 Å². The maximum atomic E-state index is 13.1. The number of aliphatic hydroxyl groups is 1. The third-order valence-electron chi connectivity index (χ3n) is 4.21. The number of thioether (sulfide) groups is 1. The summed E-state index contributed by atoms with van der Waals surface area (Å²) >= 11 is 6.43. The normalized spacial score (nSPS) is 15.8. The number of fused-ring (bicyclic) bond motifs is 1. The molecule has 28 heavy (non-hydrogen) atoms. The van der Waals surface area contributed by atoms with E-state index in [-0.39, 0.29) is 23.6 Å².